The molecule has 1 heterocycles. The van der Waals surface area contributed by atoms with Crippen molar-refractivity contribution in [2.24, 2.45) is 0 Å². The van der Waals surface area contributed by atoms with Gasteiger partial charge in [-0.05, 0) is 25.1 Å². The molecule has 1 N–H and O–H groups in total. The number of hydrogen-bond acceptors (Lipinski definition) is 2. The Morgan fingerprint density at radius 1 is 1.15 bits per heavy atom. The van der Waals surface area contributed by atoms with Gasteiger partial charge in [-0.1, -0.05) is 43.3 Å². The molecule has 146 valence electrons. The quantitative estimate of drug-likeness (QED) is 0.811. The molecule has 1 aliphatic rings. The second-order valence-corrected chi connectivity index (χ2v) is 8.27. The summed E-state index contributed by atoms with van der Waals surface area (Å²) in [6, 6.07) is 9.89. The third kappa shape index (κ3) is 4.25. The number of rotatable bonds is 6. The minimum Gasteiger partial charge on any atom is -0.298 e. The minimum atomic E-state index is -1.33. The van der Waals surface area contributed by atoms with E-state index < -0.39 is 34.8 Å². The van der Waals surface area contributed by atoms with Gasteiger partial charge in [0.05, 0.1) is 17.0 Å². The predicted octanol–water partition coefficient (Wildman–Crippen LogP) is 3.47. The van der Waals surface area contributed by atoms with Crippen LogP contribution in [0.4, 0.5) is 13.2 Å². The van der Waals surface area contributed by atoms with Gasteiger partial charge in [0, 0.05) is 29.5 Å². The normalized spacial score (nSPS) is 24.3. The Labute approximate surface area is 160 Å². The van der Waals surface area contributed by atoms with Crippen LogP contribution in [0.2, 0.25) is 0 Å². The van der Waals surface area contributed by atoms with E-state index in [1.807, 2.05) is 4.90 Å². The van der Waals surface area contributed by atoms with Crippen LogP contribution in [0.15, 0.2) is 42.5 Å². The van der Waals surface area contributed by atoms with E-state index in [-0.39, 0.29) is 30.1 Å². The highest BCUT2D eigenvalue weighted by Gasteiger charge is 2.41. The summed E-state index contributed by atoms with van der Waals surface area (Å²) in [6.45, 7) is 1.94. The fourth-order valence-corrected chi connectivity index (χ4v) is 4.33. The van der Waals surface area contributed by atoms with E-state index in [9.17, 15) is 13.0 Å². The van der Waals surface area contributed by atoms with Crippen molar-refractivity contribution >= 4 is 11.0 Å². The van der Waals surface area contributed by atoms with Crippen LogP contribution in [0, 0.1) is 11.6 Å². The lowest BCUT2D eigenvalue weighted by Gasteiger charge is -2.26. The summed E-state index contributed by atoms with van der Waals surface area (Å²) in [5.41, 5.74) is 0.766. The first-order valence-electron chi connectivity index (χ1n) is 8.93. The average molecular weight is 396 g/mol. The predicted molar refractivity (Wildman–Crippen MR) is 102 cm³/mol. The van der Waals surface area contributed by atoms with Gasteiger partial charge in [-0.2, -0.15) is 0 Å². The van der Waals surface area contributed by atoms with Crippen LogP contribution in [0.3, 0.4) is 0 Å². The van der Waals surface area contributed by atoms with E-state index >= 15 is 4.39 Å². The zero-order chi connectivity index (χ0) is 19.6. The van der Waals surface area contributed by atoms with E-state index in [1.54, 1.807) is 38.2 Å². The fourth-order valence-electron chi connectivity index (χ4n) is 3.56. The summed E-state index contributed by atoms with van der Waals surface area (Å²) < 4.78 is 58.3. The Hall–Kier alpha value is -1.70. The molecule has 27 heavy (non-hydrogen) atoms. The number of hydrogen-bond donors (Lipinski definition) is 1. The molecule has 1 fully saturated rings. The lowest BCUT2D eigenvalue weighted by atomic mass is 9.95. The van der Waals surface area contributed by atoms with E-state index in [4.69, 9.17) is 0 Å². The van der Waals surface area contributed by atoms with Crippen molar-refractivity contribution in [1.29, 1.82) is 0 Å². The Kier molecular flexibility index (Phi) is 6.34. The highest BCUT2D eigenvalue weighted by Crippen LogP contribution is 2.30. The molecule has 2 aromatic rings. The maximum Gasteiger partial charge on any atom is 0.134 e. The molecule has 0 spiro atoms. The molecule has 4 unspecified atom stereocenters. The van der Waals surface area contributed by atoms with Crippen LogP contribution >= 0.6 is 0 Å². The Balaban J connectivity index is 1.90. The van der Waals surface area contributed by atoms with Crippen molar-refractivity contribution < 1.29 is 17.4 Å². The number of nitrogens with one attached hydrogen (secondary N) is 1. The van der Waals surface area contributed by atoms with Crippen LogP contribution in [-0.2, 0) is 17.4 Å². The molecule has 7 heteroatoms. The maximum atomic E-state index is 15.1. The Bertz CT molecular complexity index is 833. The Morgan fingerprint density at radius 3 is 2.56 bits per heavy atom. The monoisotopic (exact) mass is 396 g/mol. The summed E-state index contributed by atoms with van der Waals surface area (Å²) >= 11 is 0. The SMILES string of the molecule is CCS(=O)NC1C(F)CN(C)C1Cc1cccc(-c2ccccc2F)c1F. The molecule has 1 aliphatic heterocycles. The van der Waals surface area contributed by atoms with E-state index in [2.05, 4.69) is 4.72 Å². The van der Waals surface area contributed by atoms with Crippen LogP contribution in [0.25, 0.3) is 11.1 Å². The first kappa shape index (κ1) is 20.0. The van der Waals surface area contributed by atoms with Gasteiger partial charge in [-0.25, -0.2) is 22.1 Å². The summed E-state index contributed by atoms with van der Waals surface area (Å²) in [4.78, 5) is 1.81. The number of alkyl halides is 1. The van der Waals surface area contributed by atoms with Crippen molar-refractivity contribution in [2.75, 3.05) is 19.3 Å². The molecule has 0 bridgehead atoms. The van der Waals surface area contributed by atoms with Gasteiger partial charge in [0.15, 0.2) is 0 Å². The van der Waals surface area contributed by atoms with Crippen LogP contribution in [0.1, 0.15) is 12.5 Å². The molecular formula is C20H23F3N2OS. The lowest BCUT2D eigenvalue weighted by molar-refractivity contribution is 0.288. The van der Waals surface area contributed by atoms with Gasteiger partial charge in [0.2, 0.25) is 0 Å². The van der Waals surface area contributed by atoms with Gasteiger partial charge in [-0.3, -0.25) is 4.90 Å². The van der Waals surface area contributed by atoms with Crippen LogP contribution < -0.4 is 4.72 Å². The van der Waals surface area contributed by atoms with Crippen molar-refractivity contribution in [2.45, 2.75) is 31.6 Å². The summed E-state index contributed by atoms with van der Waals surface area (Å²) in [7, 11) is 0.437. The Morgan fingerprint density at radius 2 is 1.85 bits per heavy atom. The molecule has 4 atom stereocenters. The molecule has 3 rings (SSSR count). The molecule has 1 saturated heterocycles. The number of halogens is 3. The molecule has 0 aromatic heterocycles. The largest absolute Gasteiger partial charge is 0.298 e. The minimum absolute atomic E-state index is 0.185. The standard InChI is InChI=1S/C20H23F3N2OS/c1-3-27(26)24-20-17(22)12-25(2)18(20)11-13-7-6-9-15(19(13)23)14-8-4-5-10-16(14)21/h4-10,17-18,20,24H,3,11-12H2,1-2H3. The zero-order valence-electron chi connectivity index (χ0n) is 15.3. The van der Waals surface area contributed by atoms with Gasteiger partial charge >= 0.3 is 0 Å². The third-order valence-corrected chi connectivity index (χ3v) is 6.09. The molecule has 0 aliphatic carbocycles. The number of benzene rings is 2. The molecule has 0 radical (unpaired) electrons. The van der Waals surface area contributed by atoms with E-state index in [0.717, 1.165) is 0 Å². The first-order chi connectivity index (χ1) is 12.9. The van der Waals surface area contributed by atoms with Gasteiger partial charge < -0.3 is 0 Å². The zero-order valence-corrected chi connectivity index (χ0v) is 16.1. The number of likely N-dealkylation sites (tertiary alicyclic amines) is 1. The smallest absolute Gasteiger partial charge is 0.134 e. The molecule has 0 amide bonds. The average Bonchev–Trinajstić information content (AvgIpc) is 2.91. The number of likely N-dealkylation sites (N-methyl/N-ethyl adjacent to an activating group) is 1. The fraction of sp³-hybridized carbons (Fsp3) is 0.400. The van der Waals surface area contributed by atoms with Crippen molar-refractivity contribution in [3.63, 3.8) is 0 Å². The second-order valence-electron chi connectivity index (χ2n) is 6.76. The van der Waals surface area contributed by atoms with Crippen LogP contribution in [0.5, 0.6) is 0 Å². The molecule has 2 aromatic carbocycles. The van der Waals surface area contributed by atoms with Crippen molar-refractivity contribution in [3.8, 4) is 11.1 Å². The summed E-state index contributed by atoms with van der Waals surface area (Å²) in [6.07, 6.45) is -0.947. The van der Waals surface area contributed by atoms with Crippen molar-refractivity contribution in [1.82, 2.24) is 9.62 Å². The van der Waals surface area contributed by atoms with E-state index in [0.29, 0.717) is 11.3 Å². The highest BCUT2D eigenvalue weighted by atomic mass is 32.2. The van der Waals surface area contributed by atoms with Crippen LogP contribution in [-0.4, -0.2) is 46.7 Å². The molecular weight excluding hydrogens is 373 g/mol. The summed E-state index contributed by atoms with van der Waals surface area (Å²) in [5.74, 6) is -0.626. The topological polar surface area (TPSA) is 32.3 Å². The summed E-state index contributed by atoms with van der Waals surface area (Å²) in [5, 5.41) is 0. The maximum absolute atomic E-state index is 15.1. The molecule has 0 saturated carbocycles. The second kappa shape index (κ2) is 8.54. The van der Waals surface area contributed by atoms with E-state index in [1.165, 1.54) is 18.2 Å². The lowest BCUT2D eigenvalue weighted by Crippen LogP contribution is -2.46. The highest BCUT2D eigenvalue weighted by molar-refractivity contribution is 7.83. The van der Waals surface area contributed by atoms with Gasteiger partial charge in [0.1, 0.15) is 17.8 Å². The first-order valence-corrected chi connectivity index (χ1v) is 10.3. The molecule has 3 nitrogen and oxygen atoms in total. The number of nitrogens with zero attached hydrogens (tertiary/aromatic N) is 1. The third-order valence-electron chi connectivity index (χ3n) is 5.03. The van der Waals surface area contributed by atoms with Gasteiger partial charge in [-0.15, -0.1) is 0 Å². The van der Waals surface area contributed by atoms with Crippen molar-refractivity contribution in [3.05, 3.63) is 59.7 Å². The van der Waals surface area contributed by atoms with Gasteiger partial charge in [0.25, 0.3) is 0 Å².